The smallest absolute Gasteiger partial charge is 0.113 e. The number of aromatic nitrogens is 3. The Kier molecular flexibility index (Phi) is 3.52. The summed E-state index contributed by atoms with van der Waals surface area (Å²) in [7, 11) is 0. The van der Waals surface area contributed by atoms with E-state index < -0.39 is 0 Å². The molecule has 0 atom stereocenters. The minimum Gasteiger partial charge on any atom is -0.379 e. The number of aryl methyl sites for hydroxylation is 1. The molecule has 0 amide bonds. The van der Waals surface area contributed by atoms with Crippen LogP contribution in [0.4, 0.5) is 0 Å². The molecule has 0 bridgehead atoms. The van der Waals surface area contributed by atoms with Gasteiger partial charge in [0, 0.05) is 26.2 Å². The summed E-state index contributed by atoms with van der Waals surface area (Å²) in [5, 5.41) is 8.36. The molecular formula is C13H18N4O. The summed E-state index contributed by atoms with van der Waals surface area (Å²) in [6.45, 7) is 5.88. The van der Waals surface area contributed by atoms with Gasteiger partial charge in [0.25, 0.3) is 0 Å². The third-order valence-corrected chi connectivity index (χ3v) is 3.37. The molecule has 18 heavy (non-hydrogen) atoms. The van der Waals surface area contributed by atoms with Gasteiger partial charge < -0.3 is 4.74 Å². The number of nitrogens with zero attached hydrogens (tertiary/aromatic N) is 4. The van der Waals surface area contributed by atoms with Crippen LogP contribution >= 0.6 is 0 Å². The molecule has 1 saturated heterocycles. The number of benzene rings is 1. The third-order valence-electron chi connectivity index (χ3n) is 3.37. The van der Waals surface area contributed by atoms with Gasteiger partial charge in [-0.3, -0.25) is 4.90 Å². The van der Waals surface area contributed by atoms with E-state index in [0.717, 1.165) is 56.8 Å². The zero-order valence-electron chi connectivity index (χ0n) is 10.5. The molecule has 0 spiro atoms. The summed E-state index contributed by atoms with van der Waals surface area (Å²) < 4.78 is 7.34. The van der Waals surface area contributed by atoms with Gasteiger partial charge >= 0.3 is 0 Å². The first kappa shape index (κ1) is 11.6. The average Bonchev–Trinajstić information content (AvgIpc) is 2.84. The van der Waals surface area contributed by atoms with Gasteiger partial charge in [-0.1, -0.05) is 17.3 Å². The Morgan fingerprint density at radius 2 is 1.94 bits per heavy atom. The lowest BCUT2D eigenvalue weighted by atomic mass is 10.3. The van der Waals surface area contributed by atoms with Crippen LogP contribution in [-0.2, 0) is 11.3 Å². The predicted molar refractivity (Wildman–Crippen MR) is 69.4 cm³/mol. The number of rotatable bonds is 4. The average molecular weight is 246 g/mol. The molecule has 1 aliphatic rings. The monoisotopic (exact) mass is 246 g/mol. The molecule has 96 valence electrons. The SMILES string of the molecule is c1ccc2c(c1)nnn2CCCN1CCOCC1. The second kappa shape index (κ2) is 5.46. The fourth-order valence-corrected chi connectivity index (χ4v) is 2.35. The molecule has 0 aliphatic carbocycles. The van der Waals surface area contributed by atoms with Crippen LogP contribution in [0.5, 0.6) is 0 Å². The summed E-state index contributed by atoms with van der Waals surface area (Å²) >= 11 is 0. The Bertz CT molecular complexity index is 504. The summed E-state index contributed by atoms with van der Waals surface area (Å²) in [4.78, 5) is 2.45. The Hall–Kier alpha value is -1.46. The highest BCUT2D eigenvalue weighted by Gasteiger charge is 2.10. The Morgan fingerprint density at radius 3 is 2.83 bits per heavy atom. The van der Waals surface area contributed by atoms with Crippen LogP contribution in [-0.4, -0.2) is 52.7 Å². The summed E-state index contributed by atoms with van der Waals surface area (Å²) in [5.41, 5.74) is 2.10. The first-order valence-corrected chi connectivity index (χ1v) is 6.52. The van der Waals surface area contributed by atoms with Gasteiger partial charge in [-0.25, -0.2) is 4.68 Å². The maximum Gasteiger partial charge on any atom is 0.113 e. The Labute approximate surface area is 106 Å². The number of morpholine rings is 1. The van der Waals surface area contributed by atoms with Crippen molar-refractivity contribution in [3.05, 3.63) is 24.3 Å². The second-order valence-corrected chi connectivity index (χ2v) is 4.61. The number of ether oxygens (including phenoxy) is 1. The lowest BCUT2D eigenvalue weighted by Gasteiger charge is -2.26. The van der Waals surface area contributed by atoms with E-state index in [2.05, 4.69) is 21.3 Å². The second-order valence-electron chi connectivity index (χ2n) is 4.61. The topological polar surface area (TPSA) is 43.2 Å². The highest BCUT2D eigenvalue weighted by molar-refractivity contribution is 5.73. The van der Waals surface area contributed by atoms with Gasteiger partial charge in [-0.15, -0.1) is 5.10 Å². The minimum absolute atomic E-state index is 0.867. The zero-order valence-corrected chi connectivity index (χ0v) is 10.5. The summed E-state index contributed by atoms with van der Waals surface area (Å²) in [6.07, 6.45) is 1.10. The molecule has 2 aromatic rings. The molecule has 5 nitrogen and oxygen atoms in total. The van der Waals surface area contributed by atoms with Crippen molar-refractivity contribution in [2.75, 3.05) is 32.8 Å². The lowest BCUT2D eigenvalue weighted by molar-refractivity contribution is 0.0368. The zero-order chi connectivity index (χ0) is 12.2. The van der Waals surface area contributed by atoms with Gasteiger partial charge in [0.05, 0.1) is 18.7 Å². The number of hydrogen-bond acceptors (Lipinski definition) is 4. The molecule has 3 rings (SSSR count). The molecular weight excluding hydrogens is 228 g/mol. The molecule has 1 fully saturated rings. The third kappa shape index (κ3) is 2.52. The highest BCUT2D eigenvalue weighted by atomic mass is 16.5. The van der Waals surface area contributed by atoms with Crippen molar-refractivity contribution in [3.63, 3.8) is 0 Å². The predicted octanol–water partition coefficient (Wildman–Crippen LogP) is 1.15. The molecule has 0 N–H and O–H groups in total. The van der Waals surface area contributed by atoms with Gasteiger partial charge in [-0.2, -0.15) is 0 Å². The molecule has 1 aromatic carbocycles. The van der Waals surface area contributed by atoms with Crippen LogP contribution in [0.1, 0.15) is 6.42 Å². The maximum absolute atomic E-state index is 5.34. The van der Waals surface area contributed by atoms with Crippen molar-refractivity contribution in [1.29, 1.82) is 0 Å². The first-order valence-electron chi connectivity index (χ1n) is 6.52. The quantitative estimate of drug-likeness (QED) is 0.812. The van der Waals surface area contributed by atoms with Gasteiger partial charge in [0.15, 0.2) is 0 Å². The Morgan fingerprint density at radius 1 is 1.11 bits per heavy atom. The van der Waals surface area contributed by atoms with Crippen molar-refractivity contribution >= 4 is 11.0 Å². The van der Waals surface area contributed by atoms with Crippen LogP contribution in [0.25, 0.3) is 11.0 Å². The molecule has 5 heteroatoms. The molecule has 0 saturated carbocycles. The largest absolute Gasteiger partial charge is 0.379 e. The standard InChI is InChI=1S/C13H18N4O/c1-2-5-13-12(4-1)14-15-17(13)7-3-6-16-8-10-18-11-9-16/h1-2,4-5H,3,6-11H2. The molecule has 2 heterocycles. The number of fused-ring (bicyclic) bond motifs is 1. The van der Waals surface area contributed by atoms with E-state index in [1.807, 2.05) is 22.9 Å². The number of para-hydroxylation sites is 1. The van der Waals surface area contributed by atoms with Crippen LogP contribution in [0.2, 0.25) is 0 Å². The highest BCUT2D eigenvalue weighted by Crippen LogP contribution is 2.10. The van der Waals surface area contributed by atoms with E-state index in [9.17, 15) is 0 Å². The van der Waals surface area contributed by atoms with E-state index in [4.69, 9.17) is 4.74 Å². The van der Waals surface area contributed by atoms with Crippen molar-refractivity contribution in [2.24, 2.45) is 0 Å². The van der Waals surface area contributed by atoms with E-state index in [1.54, 1.807) is 0 Å². The maximum atomic E-state index is 5.34. The van der Waals surface area contributed by atoms with E-state index in [0.29, 0.717) is 0 Å². The van der Waals surface area contributed by atoms with Crippen LogP contribution in [0.15, 0.2) is 24.3 Å². The van der Waals surface area contributed by atoms with Gasteiger partial charge in [-0.05, 0) is 18.6 Å². The summed E-state index contributed by atoms with van der Waals surface area (Å²) in [6, 6.07) is 8.10. The Balaban J connectivity index is 1.56. The van der Waals surface area contributed by atoms with Crippen molar-refractivity contribution in [2.45, 2.75) is 13.0 Å². The van der Waals surface area contributed by atoms with Crippen molar-refractivity contribution < 1.29 is 4.74 Å². The fourth-order valence-electron chi connectivity index (χ4n) is 2.35. The van der Waals surface area contributed by atoms with Crippen molar-refractivity contribution in [3.8, 4) is 0 Å². The van der Waals surface area contributed by atoms with Gasteiger partial charge in [0.2, 0.25) is 0 Å². The van der Waals surface area contributed by atoms with E-state index >= 15 is 0 Å². The molecule has 1 aliphatic heterocycles. The van der Waals surface area contributed by atoms with Crippen molar-refractivity contribution in [1.82, 2.24) is 19.9 Å². The van der Waals surface area contributed by atoms with Crippen LogP contribution in [0, 0.1) is 0 Å². The summed E-state index contributed by atoms with van der Waals surface area (Å²) in [5.74, 6) is 0. The van der Waals surface area contributed by atoms with Crippen LogP contribution < -0.4 is 0 Å². The number of hydrogen-bond donors (Lipinski definition) is 0. The lowest BCUT2D eigenvalue weighted by Crippen LogP contribution is -2.37. The van der Waals surface area contributed by atoms with E-state index in [-0.39, 0.29) is 0 Å². The molecule has 0 radical (unpaired) electrons. The minimum atomic E-state index is 0.867. The van der Waals surface area contributed by atoms with Gasteiger partial charge in [0.1, 0.15) is 5.52 Å². The first-order chi connectivity index (χ1) is 8.93. The fraction of sp³-hybridized carbons (Fsp3) is 0.538. The van der Waals surface area contributed by atoms with E-state index in [1.165, 1.54) is 0 Å². The van der Waals surface area contributed by atoms with Crippen LogP contribution in [0.3, 0.4) is 0 Å². The molecule has 0 unspecified atom stereocenters. The normalized spacial score (nSPS) is 17.3. The molecule has 1 aromatic heterocycles.